The standard InChI is InChI=1S/C22H28ClN3O4S/c1-5-17-9-11-20(12-10-17)26(31(4,29)30)15-21(27)25(16(2)22(28)24-3)14-18-7-6-8-19(23)13-18/h6-13,16H,5,14-15H2,1-4H3,(H,24,28)/t16-/m0/s1. The normalized spacial score (nSPS) is 12.2. The van der Waals surface area contributed by atoms with Crippen LogP contribution in [0.1, 0.15) is 25.0 Å². The zero-order valence-corrected chi connectivity index (χ0v) is 19.7. The van der Waals surface area contributed by atoms with Crippen molar-refractivity contribution in [1.29, 1.82) is 0 Å². The van der Waals surface area contributed by atoms with Gasteiger partial charge in [-0.25, -0.2) is 8.42 Å². The number of halogens is 1. The van der Waals surface area contributed by atoms with E-state index in [2.05, 4.69) is 5.32 Å². The number of anilines is 1. The van der Waals surface area contributed by atoms with E-state index in [-0.39, 0.29) is 12.5 Å². The molecule has 2 amide bonds. The molecule has 0 bridgehead atoms. The first-order chi connectivity index (χ1) is 14.6. The maximum Gasteiger partial charge on any atom is 0.244 e. The van der Waals surface area contributed by atoms with Crippen LogP contribution in [0.5, 0.6) is 0 Å². The first-order valence-corrected chi connectivity index (χ1v) is 12.1. The van der Waals surface area contributed by atoms with Crippen LogP contribution in [-0.4, -0.2) is 51.0 Å². The van der Waals surface area contributed by atoms with Gasteiger partial charge in [-0.05, 0) is 48.7 Å². The molecule has 0 saturated carbocycles. The second kappa shape index (κ2) is 10.6. The number of amides is 2. The number of benzene rings is 2. The van der Waals surface area contributed by atoms with Crippen molar-refractivity contribution in [3.8, 4) is 0 Å². The molecule has 0 radical (unpaired) electrons. The Kier molecular flexibility index (Phi) is 8.47. The SMILES string of the molecule is CCc1ccc(N(CC(=O)N(Cc2cccc(Cl)c2)[C@@H](C)C(=O)NC)S(C)(=O)=O)cc1. The van der Waals surface area contributed by atoms with E-state index in [0.717, 1.165) is 28.1 Å². The molecule has 1 N–H and O–H groups in total. The molecule has 0 aliphatic heterocycles. The predicted octanol–water partition coefficient (Wildman–Crippen LogP) is 2.83. The number of nitrogens with one attached hydrogen (secondary N) is 1. The Morgan fingerprint density at radius 3 is 2.26 bits per heavy atom. The summed E-state index contributed by atoms with van der Waals surface area (Å²) >= 11 is 6.06. The molecule has 2 aromatic carbocycles. The third kappa shape index (κ3) is 6.70. The molecule has 0 aromatic heterocycles. The summed E-state index contributed by atoms with van der Waals surface area (Å²) in [6.07, 6.45) is 1.87. The van der Waals surface area contributed by atoms with Gasteiger partial charge in [-0.15, -0.1) is 0 Å². The predicted molar refractivity (Wildman–Crippen MR) is 124 cm³/mol. The van der Waals surface area contributed by atoms with Gasteiger partial charge in [-0.2, -0.15) is 0 Å². The number of likely N-dealkylation sites (N-methyl/N-ethyl adjacent to an activating group) is 1. The van der Waals surface area contributed by atoms with Crippen molar-refractivity contribution in [3.63, 3.8) is 0 Å². The fourth-order valence-electron chi connectivity index (χ4n) is 3.14. The van der Waals surface area contributed by atoms with Crippen LogP contribution >= 0.6 is 11.6 Å². The van der Waals surface area contributed by atoms with Crippen LogP contribution in [0, 0.1) is 0 Å². The zero-order chi connectivity index (χ0) is 23.2. The maximum atomic E-state index is 13.3. The average molecular weight is 466 g/mol. The molecule has 0 heterocycles. The van der Waals surface area contributed by atoms with Crippen molar-refractivity contribution in [3.05, 3.63) is 64.7 Å². The summed E-state index contributed by atoms with van der Waals surface area (Å²) in [5.74, 6) is -0.852. The van der Waals surface area contributed by atoms with Crippen LogP contribution in [0.15, 0.2) is 48.5 Å². The van der Waals surface area contributed by atoms with E-state index in [1.807, 2.05) is 19.1 Å². The Morgan fingerprint density at radius 1 is 1.10 bits per heavy atom. The molecule has 168 valence electrons. The van der Waals surface area contributed by atoms with Gasteiger partial charge in [0.15, 0.2) is 0 Å². The molecule has 31 heavy (non-hydrogen) atoms. The lowest BCUT2D eigenvalue weighted by Crippen LogP contribution is -2.50. The third-order valence-corrected chi connectivity index (χ3v) is 6.34. The quantitative estimate of drug-likeness (QED) is 0.617. The third-order valence-electron chi connectivity index (χ3n) is 4.97. The summed E-state index contributed by atoms with van der Waals surface area (Å²) in [6, 6.07) is 13.2. The van der Waals surface area contributed by atoms with Gasteiger partial charge >= 0.3 is 0 Å². The largest absolute Gasteiger partial charge is 0.357 e. The van der Waals surface area contributed by atoms with E-state index in [1.165, 1.54) is 11.9 Å². The summed E-state index contributed by atoms with van der Waals surface area (Å²) in [5.41, 5.74) is 2.18. The number of rotatable bonds is 9. The monoisotopic (exact) mass is 465 g/mol. The minimum absolute atomic E-state index is 0.111. The van der Waals surface area contributed by atoms with Crippen LogP contribution in [0.4, 0.5) is 5.69 Å². The van der Waals surface area contributed by atoms with Gasteiger partial charge in [0, 0.05) is 18.6 Å². The molecule has 2 rings (SSSR count). The molecule has 0 spiro atoms. The molecule has 0 unspecified atom stereocenters. The number of hydrogen-bond donors (Lipinski definition) is 1. The smallest absolute Gasteiger partial charge is 0.244 e. The van der Waals surface area contributed by atoms with E-state index in [0.29, 0.717) is 10.7 Å². The van der Waals surface area contributed by atoms with E-state index in [9.17, 15) is 18.0 Å². The van der Waals surface area contributed by atoms with Gasteiger partial charge in [0.1, 0.15) is 12.6 Å². The van der Waals surface area contributed by atoms with Crippen molar-refractivity contribution >= 4 is 39.1 Å². The Labute approximate surface area is 189 Å². The second-order valence-corrected chi connectivity index (χ2v) is 9.57. The van der Waals surface area contributed by atoms with E-state index < -0.39 is 28.5 Å². The minimum Gasteiger partial charge on any atom is -0.357 e. The van der Waals surface area contributed by atoms with E-state index in [1.54, 1.807) is 43.3 Å². The highest BCUT2D eigenvalue weighted by Crippen LogP contribution is 2.20. The summed E-state index contributed by atoms with van der Waals surface area (Å²) in [7, 11) is -2.25. The Morgan fingerprint density at radius 2 is 1.74 bits per heavy atom. The van der Waals surface area contributed by atoms with Crippen molar-refractivity contribution in [1.82, 2.24) is 10.2 Å². The summed E-state index contributed by atoms with van der Waals surface area (Å²) in [4.78, 5) is 26.9. The highest BCUT2D eigenvalue weighted by molar-refractivity contribution is 7.92. The minimum atomic E-state index is -3.73. The first-order valence-electron chi connectivity index (χ1n) is 9.89. The molecular weight excluding hydrogens is 438 g/mol. The number of hydrogen-bond acceptors (Lipinski definition) is 4. The van der Waals surface area contributed by atoms with Gasteiger partial charge < -0.3 is 10.2 Å². The molecule has 9 heteroatoms. The maximum absolute atomic E-state index is 13.3. The lowest BCUT2D eigenvalue weighted by molar-refractivity contribution is -0.139. The van der Waals surface area contributed by atoms with Crippen LogP contribution in [-0.2, 0) is 32.6 Å². The highest BCUT2D eigenvalue weighted by Gasteiger charge is 2.29. The van der Waals surface area contributed by atoms with Crippen molar-refractivity contribution in [2.75, 3.05) is 24.2 Å². The number of sulfonamides is 1. The number of carbonyl (C=O) groups is 2. The molecule has 2 aromatic rings. The molecule has 0 aliphatic rings. The van der Waals surface area contributed by atoms with Gasteiger partial charge in [0.2, 0.25) is 21.8 Å². The fraction of sp³-hybridized carbons (Fsp3) is 0.364. The van der Waals surface area contributed by atoms with Crippen molar-refractivity contribution < 1.29 is 18.0 Å². The van der Waals surface area contributed by atoms with Crippen LogP contribution in [0.25, 0.3) is 0 Å². The topological polar surface area (TPSA) is 86.8 Å². The van der Waals surface area contributed by atoms with E-state index >= 15 is 0 Å². The molecule has 7 nitrogen and oxygen atoms in total. The second-order valence-electron chi connectivity index (χ2n) is 7.23. The number of nitrogens with zero attached hydrogens (tertiary/aromatic N) is 2. The Bertz CT molecular complexity index is 1030. The van der Waals surface area contributed by atoms with Gasteiger partial charge in [-0.3, -0.25) is 13.9 Å². The molecule has 1 atom stereocenters. The molecular formula is C22H28ClN3O4S. The highest BCUT2D eigenvalue weighted by atomic mass is 35.5. The zero-order valence-electron chi connectivity index (χ0n) is 18.1. The van der Waals surface area contributed by atoms with Gasteiger partial charge in [0.25, 0.3) is 0 Å². The van der Waals surface area contributed by atoms with Crippen LogP contribution in [0.3, 0.4) is 0 Å². The van der Waals surface area contributed by atoms with Gasteiger partial charge in [-0.1, -0.05) is 42.8 Å². The average Bonchev–Trinajstić information content (AvgIpc) is 2.74. The molecule has 0 fully saturated rings. The van der Waals surface area contributed by atoms with Crippen molar-refractivity contribution in [2.24, 2.45) is 0 Å². The molecule has 0 aliphatic carbocycles. The lowest BCUT2D eigenvalue weighted by atomic mass is 10.1. The van der Waals surface area contributed by atoms with E-state index in [4.69, 9.17) is 11.6 Å². The molecule has 0 saturated heterocycles. The van der Waals surface area contributed by atoms with Crippen LogP contribution < -0.4 is 9.62 Å². The summed E-state index contributed by atoms with van der Waals surface area (Å²) < 4.78 is 26.0. The summed E-state index contributed by atoms with van der Waals surface area (Å²) in [6.45, 7) is 3.29. The van der Waals surface area contributed by atoms with Gasteiger partial charge in [0.05, 0.1) is 11.9 Å². The van der Waals surface area contributed by atoms with Crippen LogP contribution in [0.2, 0.25) is 5.02 Å². The lowest BCUT2D eigenvalue weighted by Gasteiger charge is -2.31. The van der Waals surface area contributed by atoms with Crippen molar-refractivity contribution in [2.45, 2.75) is 32.9 Å². The Balaban J connectivity index is 2.36. The fourth-order valence-corrected chi connectivity index (χ4v) is 4.20. The summed E-state index contributed by atoms with van der Waals surface area (Å²) in [5, 5.41) is 3.04. The first kappa shape index (κ1) is 24.7. The number of carbonyl (C=O) groups excluding carboxylic acids is 2. The Hall–Kier alpha value is -2.58. The number of aryl methyl sites for hydroxylation is 1.